The Morgan fingerprint density at radius 3 is 2.58 bits per heavy atom. The minimum absolute atomic E-state index is 0.0570. The van der Waals surface area contributed by atoms with Crippen molar-refractivity contribution < 1.29 is 28.2 Å². The summed E-state index contributed by atoms with van der Waals surface area (Å²) in [6.45, 7) is 3.97. The number of nitrogens with zero attached hydrogens (tertiary/aromatic N) is 1. The molecule has 7 nitrogen and oxygen atoms in total. The number of carbonyl (C=O) groups excluding carboxylic acids is 3. The van der Waals surface area contributed by atoms with E-state index in [4.69, 9.17) is 9.47 Å². The number of thioether (sulfide) groups is 1. The summed E-state index contributed by atoms with van der Waals surface area (Å²) in [4.78, 5) is 39.3. The first kappa shape index (κ1) is 27.6. The van der Waals surface area contributed by atoms with Crippen molar-refractivity contribution >= 4 is 63.2 Å². The first-order valence-electron chi connectivity index (χ1n) is 11.7. The zero-order chi connectivity index (χ0) is 27.2. The van der Waals surface area contributed by atoms with Gasteiger partial charge in [-0.15, -0.1) is 0 Å². The zero-order valence-electron chi connectivity index (χ0n) is 20.6. The lowest BCUT2D eigenvalue weighted by Gasteiger charge is -2.15. The van der Waals surface area contributed by atoms with E-state index in [1.807, 2.05) is 32.0 Å². The van der Waals surface area contributed by atoms with E-state index in [0.29, 0.717) is 38.5 Å². The van der Waals surface area contributed by atoms with E-state index in [2.05, 4.69) is 27.9 Å². The summed E-state index contributed by atoms with van der Waals surface area (Å²) in [6.07, 6.45) is 1.62. The summed E-state index contributed by atoms with van der Waals surface area (Å²) in [5.41, 5.74) is 3.00. The van der Waals surface area contributed by atoms with Crippen LogP contribution in [0.4, 0.5) is 14.9 Å². The molecule has 196 valence electrons. The molecule has 0 spiro atoms. The van der Waals surface area contributed by atoms with Crippen molar-refractivity contribution in [3.05, 3.63) is 91.6 Å². The number of halogens is 2. The van der Waals surface area contributed by atoms with E-state index in [0.717, 1.165) is 22.2 Å². The summed E-state index contributed by atoms with van der Waals surface area (Å²) in [5.74, 6) is -0.298. The second-order valence-electron chi connectivity index (χ2n) is 8.36. The van der Waals surface area contributed by atoms with E-state index >= 15 is 0 Å². The molecule has 3 aromatic carbocycles. The van der Waals surface area contributed by atoms with E-state index in [1.54, 1.807) is 36.4 Å². The fourth-order valence-corrected chi connectivity index (χ4v) is 5.31. The van der Waals surface area contributed by atoms with Gasteiger partial charge in [0.05, 0.1) is 21.6 Å². The second kappa shape index (κ2) is 12.4. The molecule has 38 heavy (non-hydrogen) atoms. The number of carbonyl (C=O) groups is 3. The van der Waals surface area contributed by atoms with Crippen LogP contribution in [-0.2, 0) is 16.1 Å². The van der Waals surface area contributed by atoms with Crippen molar-refractivity contribution in [2.24, 2.45) is 0 Å². The van der Waals surface area contributed by atoms with Crippen molar-refractivity contribution in [2.75, 3.05) is 18.5 Å². The molecule has 1 saturated heterocycles. The largest absolute Gasteiger partial charge is 0.490 e. The number of benzene rings is 3. The van der Waals surface area contributed by atoms with E-state index in [9.17, 15) is 18.8 Å². The van der Waals surface area contributed by atoms with E-state index in [1.165, 1.54) is 12.1 Å². The predicted molar refractivity (Wildman–Crippen MR) is 154 cm³/mol. The topological polar surface area (TPSA) is 84.9 Å². The number of nitrogens with one attached hydrogen (secondary N) is 1. The molecular formula is C28H24FIN2O5S. The maximum atomic E-state index is 13.2. The van der Waals surface area contributed by atoms with Crippen LogP contribution in [0, 0.1) is 16.3 Å². The lowest BCUT2D eigenvalue weighted by molar-refractivity contribution is -0.123. The highest BCUT2D eigenvalue weighted by Gasteiger charge is 2.35. The molecule has 0 bridgehead atoms. The average Bonchev–Trinajstić information content (AvgIpc) is 3.12. The molecule has 1 aliphatic rings. The molecule has 1 fully saturated rings. The highest BCUT2D eigenvalue weighted by atomic mass is 127. The summed E-state index contributed by atoms with van der Waals surface area (Å²) >= 11 is 2.92. The fraction of sp³-hybridized carbons (Fsp3) is 0.179. The SMILES string of the molecule is CCOc1cc(/C=C2\SC(=O)N(Cc3ccc(F)cc3)C2=O)cc(I)c1OCC(=O)Nc1cccc(C)c1. The number of imide groups is 1. The number of hydrogen-bond donors (Lipinski definition) is 1. The molecule has 4 rings (SSSR count). The zero-order valence-corrected chi connectivity index (χ0v) is 23.6. The summed E-state index contributed by atoms with van der Waals surface area (Å²) < 4.78 is 25.4. The standard InChI is InChI=1S/C28H24FIN2O5S/c1-3-36-23-13-19(12-22(30)26(23)37-16-25(33)31-21-6-4-5-17(2)11-21)14-24-27(34)32(28(35)38-24)15-18-7-9-20(29)10-8-18/h4-14H,3,15-16H2,1-2H3,(H,31,33)/b24-14-. The average molecular weight is 646 g/mol. The Morgan fingerprint density at radius 2 is 1.87 bits per heavy atom. The molecule has 0 saturated carbocycles. The van der Waals surface area contributed by atoms with Gasteiger partial charge in [-0.1, -0.05) is 24.3 Å². The van der Waals surface area contributed by atoms with Crippen LogP contribution in [0.2, 0.25) is 0 Å². The Labute approximate surface area is 237 Å². The van der Waals surface area contributed by atoms with Crippen LogP contribution in [-0.4, -0.2) is 35.2 Å². The lowest BCUT2D eigenvalue weighted by Crippen LogP contribution is -2.27. The Kier molecular flexibility index (Phi) is 9.05. The van der Waals surface area contributed by atoms with Gasteiger partial charge in [0.15, 0.2) is 18.1 Å². The Balaban J connectivity index is 1.48. The van der Waals surface area contributed by atoms with Gasteiger partial charge in [-0.05, 0) is 107 Å². The Morgan fingerprint density at radius 1 is 1.11 bits per heavy atom. The van der Waals surface area contributed by atoms with Gasteiger partial charge in [0.25, 0.3) is 17.1 Å². The normalized spacial score (nSPS) is 14.2. The molecule has 0 unspecified atom stereocenters. The van der Waals surface area contributed by atoms with Crippen LogP contribution in [0.15, 0.2) is 65.6 Å². The fourth-order valence-electron chi connectivity index (χ4n) is 3.69. The number of amides is 3. The van der Waals surface area contributed by atoms with Crippen molar-refractivity contribution in [1.29, 1.82) is 0 Å². The van der Waals surface area contributed by atoms with E-state index in [-0.39, 0.29) is 29.8 Å². The van der Waals surface area contributed by atoms with Crippen LogP contribution in [0.3, 0.4) is 0 Å². The van der Waals surface area contributed by atoms with Crippen molar-refractivity contribution in [1.82, 2.24) is 4.90 Å². The number of hydrogen-bond acceptors (Lipinski definition) is 6. The minimum Gasteiger partial charge on any atom is -0.490 e. The first-order chi connectivity index (χ1) is 18.2. The van der Waals surface area contributed by atoms with Gasteiger partial charge in [0.2, 0.25) is 0 Å². The predicted octanol–water partition coefficient (Wildman–Crippen LogP) is 6.39. The summed E-state index contributed by atoms with van der Waals surface area (Å²) in [7, 11) is 0. The maximum Gasteiger partial charge on any atom is 0.293 e. The molecule has 0 aromatic heterocycles. The molecule has 3 amide bonds. The number of aryl methyl sites for hydroxylation is 1. The molecule has 1 aliphatic heterocycles. The van der Waals surface area contributed by atoms with Crippen LogP contribution < -0.4 is 14.8 Å². The molecule has 1 heterocycles. The molecule has 1 N–H and O–H groups in total. The highest BCUT2D eigenvalue weighted by Crippen LogP contribution is 2.38. The van der Waals surface area contributed by atoms with Gasteiger partial charge in [0.1, 0.15) is 5.82 Å². The second-order valence-corrected chi connectivity index (χ2v) is 10.5. The highest BCUT2D eigenvalue weighted by molar-refractivity contribution is 14.1. The van der Waals surface area contributed by atoms with Crippen LogP contribution in [0.5, 0.6) is 11.5 Å². The van der Waals surface area contributed by atoms with Gasteiger partial charge in [-0.3, -0.25) is 19.3 Å². The lowest BCUT2D eigenvalue weighted by atomic mass is 10.1. The number of ether oxygens (including phenoxy) is 2. The molecule has 3 aromatic rings. The molecular weight excluding hydrogens is 622 g/mol. The summed E-state index contributed by atoms with van der Waals surface area (Å²) in [5, 5.41) is 2.41. The molecule has 10 heteroatoms. The van der Waals surface area contributed by atoms with Gasteiger partial charge in [-0.25, -0.2) is 4.39 Å². The third-order valence-corrected chi connectivity index (χ3v) is 7.12. The quantitative estimate of drug-likeness (QED) is 0.214. The van der Waals surface area contributed by atoms with Crippen LogP contribution >= 0.6 is 34.4 Å². The third-order valence-electron chi connectivity index (χ3n) is 5.41. The Hall–Kier alpha value is -3.38. The van der Waals surface area contributed by atoms with Gasteiger partial charge in [0, 0.05) is 5.69 Å². The monoisotopic (exact) mass is 646 g/mol. The van der Waals surface area contributed by atoms with Gasteiger partial charge >= 0.3 is 0 Å². The van der Waals surface area contributed by atoms with Crippen molar-refractivity contribution in [3.8, 4) is 11.5 Å². The summed E-state index contributed by atoms with van der Waals surface area (Å²) in [6, 6.07) is 16.6. The van der Waals surface area contributed by atoms with Crippen molar-refractivity contribution in [2.45, 2.75) is 20.4 Å². The molecule has 0 aliphatic carbocycles. The first-order valence-corrected chi connectivity index (χ1v) is 13.6. The van der Waals surface area contributed by atoms with E-state index < -0.39 is 11.1 Å². The Bertz CT molecular complexity index is 1410. The maximum absolute atomic E-state index is 13.2. The molecule has 0 radical (unpaired) electrons. The smallest absolute Gasteiger partial charge is 0.293 e. The minimum atomic E-state index is -0.426. The third kappa shape index (κ3) is 6.93. The molecule has 0 atom stereocenters. The van der Waals surface area contributed by atoms with Crippen LogP contribution in [0.25, 0.3) is 6.08 Å². The van der Waals surface area contributed by atoms with Gasteiger partial charge in [-0.2, -0.15) is 0 Å². The number of anilines is 1. The van der Waals surface area contributed by atoms with Crippen LogP contribution in [0.1, 0.15) is 23.6 Å². The number of rotatable bonds is 9. The van der Waals surface area contributed by atoms with Crippen molar-refractivity contribution in [3.63, 3.8) is 0 Å². The van der Waals surface area contributed by atoms with Gasteiger partial charge < -0.3 is 14.8 Å².